The van der Waals surface area contributed by atoms with Gasteiger partial charge < -0.3 is 16.4 Å². The zero-order valence-electron chi connectivity index (χ0n) is 7.07. The van der Waals surface area contributed by atoms with Crippen molar-refractivity contribution in [2.75, 3.05) is 0 Å². The predicted molar refractivity (Wildman–Crippen MR) is 44.6 cm³/mol. The number of hydrogen-bond acceptors (Lipinski definition) is 2. The Hall–Kier alpha value is -0.550. The van der Waals surface area contributed by atoms with Crippen molar-refractivity contribution in [3.8, 4) is 5.75 Å². The molecule has 1 rings (SSSR count). The Morgan fingerprint density at radius 3 is 2.17 bits per heavy atom. The Kier molecular flexibility index (Phi) is 7.02. The number of rotatable bonds is 1. The molecule has 0 aliphatic heterocycles. The monoisotopic (exact) mass is 178 g/mol. The zero-order valence-corrected chi connectivity index (χ0v) is 9.07. The van der Waals surface area contributed by atoms with Crippen molar-refractivity contribution in [1.29, 1.82) is 0 Å². The first kappa shape index (κ1) is 14.0. The fraction of sp³-hybridized carbons (Fsp3) is 0. The van der Waals surface area contributed by atoms with Gasteiger partial charge in [-0.25, -0.2) is 4.79 Å². The van der Waals surface area contributed by atoms with E-state index >= 15 is 0 Å². The van der Waals surface area contributed by atoms with Crippen LogP contribution < -0.4 is 11.3 Å². The Morgan fingerprint density at radius 2 is 1.83 bits per heavy atom. The number of carboxylic acids is 1. The molecule has 61 valence electrons. The van der Waals surface area contributed by atoms with Crippen molar-refractivity contribution < 1.29 is 15.0 Å². The summed E-state index contributed by atoms with van der Waals surface area (Å²) in [5, 5.41) is 19.0. The van der Waals surface area contributed by atoms with Crippen molar-refractivity contribution in [3.63, 3.8) is 0 Å². The van der Waals surface area contributed by atoms with Crippen LogP contribution >= 0.6 is 0 Å². The van der Waals surface area contributed by atoms with Crippen LogP contribution in [0.15, 0.2) is 24.3 Å². The van der Waals surface area contributed by atoms with E-state index in [1.54, 1.807) is 0 Å². The second-order valence-electron chi connectivity index (χ2n) is 1.80. The topological polar surface area (TPSA) is 96.9 Å². The fourth-order valence-electron chi connectivity index (χ4n) is 0.643. The van der Waals surface area contributed by atoms with Gasteiger partial charge in [0.05, 0.1) is 5.56 Å². The molecular formula is C7H9NNaO3. The molecule has 12 heavy (non-hydrogen) atoms. The van der Waals surface area contributed by atoms with Crippen LogP contribution in [0.4, 0.5) is 0 Å². The first-order valence-corrected chi connectivity index (χ1v) is 2.71. The molecule has 0 spiro atoms. The number of para-hydroxylation sites is 1. The Morgan fingerprint density at radius 1 is 1.33 bits per heavy atom. The molecule has 0 bridgehead atoms. The summed E-state index contributed by atoms with van der Waals surface area (Å²) in [4.78, 5) is 10.2. The van der Waals surface area contributed by atoms with E-state index in [0.717, 1.165) is 0 Å². The van der Waals surface area contributed by atoms with E-state index in [1.165, 1.54) is 24.3 Å². The van der Waals surface area contributed by atoms with Gasteiger partial charge in [0.1, 0.15) is 0 Å². The standard InChI is InChI=1S/C7H6O3.H3N.Na/c8-6-4-2-1-3-5(6)7(9)10;;/h1-4,8H,(H,9,10);1H3;. The second-order valence-corrected chi connectivity index (χ2v) is 1.80. The summed E-state index contributed by atoms with van der Waals surface area (Å²) in [5.41, 5.74) is -0.178. The number of carbonyl (C=O) groups is 1. The van der Waals surface area contributed by atoms with Gasteiger partial charge >= 0.3 is 5.97 Å². The zero-order chi connectivity index (χ0) is 7.56. The van der Waals surface area contributed by atoms with Crippen LogP contribution in [-0.4, -0.2) is 40.6 Å². The van der Waals surface area contributed by atoms with Gasteiger partial charge in [0, 0.05) is 29.6 Å². The van der Waals surface area contributed by atoms with Gasteiger partial charge in [0.2, 0.25) is 0 Å². The minimum Gasteiger partial charge on any atom is -0.872 e. The van der Waals surface area contributed by atoms with Crippen LogP contribution in [0.5, 0.6) is 5.75 Å². The number of benzene rings is 1. The van der Waals surface area contributed by atoms with Crippen molar-refractivity contribution in [2.24, 2.45) is 0 Å². The second kappa shape index (κ2) is 6.02. The van der Waals surface area contributed by atoms with Crippen LogP contribution in [0.2, 0.25) is 0 Å². The van der Waals surface area contributed by atoms with E-state index in [-0.39, 0.29) is 41.3 Å². The minimum absolute atomic E-state index is 0. The maximum atomic E-state index is 10.7. The van der Waals surface area contributed by atoms with Crippen molar-refractivity contribution in [1.82, 2.24) is 6.15 Å². The van der Waals surface area contributed by atoms with Crippen molar-refractivity contribution in [2.45, 2.75) is 0 Å². The van der Waals surface area contributed by atoms with E-state index in [2.05, 4.69) is 0 Å². The number of hydrogen-bond donors (Lipinski definition) is 2. The Bertz CT molecular complexity index is 265. The Labute approximate surface area is 92.1 Å². The smallest absolute Gasteiger partial charge is 0.335 e. The first-order valence-electron chi connectivity index (χ1n) is 2.71. The van der Waals surface area contributed by atoms with Crippen molar-refractivity contribution in [3.05, 3.63) is 29.8 Å². The SMILES string of the molecule is O=C(O)c1ccccc1[O-].[NH4+].[Na]. The molecule has 1 aromatic carbocycles. The molecule has 0 unspecified atom stereocenters. The van der Waals surface area contributed by atoms with Gasteiger partial charge in [-0.1, -0.05) is 23.9 Å². The molecular weight excluding hydrogens is 169 g/mol. The van der Waals surface area contributed by atoms with E-state index < -0.39 is 11.7 Å². The van der Waals surface area contributed by atoms with Crippen LogP contribution in [0.1, 0.15) is 10.4 Å². The van der Waals surface area contributed by atoms with Crippen LogP contribution in [0, 0.1) is 0 Å². The summed E-state index contributed by atoms with van der Waals surface area (Å²) in [5.74, 6) is -1.62. The molecule has 0 amide bonds. The summed E-state index contributed by atoms with van der Waals surface area (Å²) >= 11 is 0. The molecule has 1 radical (unpaired) electrons. The molecule has 4 nitrogen and oxygen atoms in total. The normalized spacial score (nSPS) is 7.67. The molecule has 5 N–H and O–H groups in total. The van der Waals surface area contributed by atoms with Gasteiger partial charge in [0.15, 0.2) is 0 Å². The van der Waals surface area contributed by atoms with Gasteiger partial charge in [-0.05, 0) is 6.07 Å². The molecule has 0 aliphatic rings. The number of aromatic carboxylic acids is 1. The van der Waals surface area contributed by atoms with Gasteiger partial charge in [-0.2, -0.15) is 0 Å². The van der Waals surface area contributed by atoms with Crippen LogP contribution in [0.25, 0.3) is 0 Å². The number of quaternary nitrogens is 1. The molecule has 0 saturated heterocycles. The molecule has 0 saturated carbocycles. The van der Waals surface area contributed by atoms with Gasteiger partial charge in [-0.3, -0.25) is 0 Å². The maximum Gasteiger partial charge on any atom is 0.335 e. The van der Waals surface area contributed by atoms with Gasteiger partial charge in [0.25, 0.3) is 0 Å². The summed E-state index contributed by atoms with van der Waals surface area (Å²) in [6.45, 7) is 0. The minimum atomic E-state index is -1.18. The molecule has 1 aromatic rings. The third-order valence-electron chi connectivity index (χ3n) is 1.12. The van der Waals surface area contributed by atoms with E-state index in [4.69, 9.17) is 5.11 Å². The first-order chi connectivity index (χ1) is 4.72. The molecule has 0 fully saturated rings. The third-order valence-corrected chi connectivity index (χ3v) is 1.12. The summed E-state index contributed by atoms with van der Waals surface area (Å²) in [6, 6.07) is 5.54. The predicted octanol–water partition coefficient (Wildman–Crippen LogP) is 0.454. The largest absolute Gasteiger partial charge is 0.872 e. The molecule has 0 atom stereocenters. The summed E-state index contributed by atoms with van der Waals surface area (Å²) in [7, 11) is 0. The number of carboxylic acid groups (broad SMARTS) is 1. The van der Waals surface area contributed by atoms with E-state index in [9.17, 15) is 9.90 Å². The summed E-state index contributed by atoms with van der Waals surface area (Å²) in [6.07, 6.45) is 0. The average molecular weight is 178 g/mol. The molecule has 5 heteroatoms. The maximum absolute atomic E-state index is 10.7. The summed E-state index contributed by atoms with van der Waals surface area (Å²) < 4.78 is 0. The van der Waals surface area contributed by atoms with Crippen LogP contribution in [0.3, 0.4) is 0 Å². The Balaban J connectivity index is 0. The van der Waals surface area contributed by atoms with E-state index in [0.29, 0.717) is 0 Å². The quantitative estimate of drug-likeness (QED) is 0.611. The molecule has 0 aliphatic carbocycles. The third kappa shape index (κ3) is 3.23. The fourth-order valence-corrected chi connectivity index (χ4v) is 0.643. The van der Waals surface area contributed by atoms with Gasteiger partial charge in [-0.15, -0.1) is 0 Å². The van der Waals surface area contributed by atoms with E-state index in [1.807, 2.05) is 0 Å². The average Bonchev–Trinajstić information content (AvgIpc) is 1.88. The molecule has 0 aromatic heterocycles. The molecule has 0 heterocycles. The van der Waals surface area contributed by atoms with Crippen molar-refractivity contribution >= 4 is 35.5 Å². The van der Waals surface area contributed by atoms with Crippen LogP contribution in [-0.2, 0) is 0 Å².